The maximum atomic E-state index is 12.7. The number of hydrogen-bond donors (Lipinski definition) is 3. The SMILES string of the molecule is O=C(Cc1ccccc1)Nc1ccc(NC(=S)NC(=O)c2ccc(N3CCCC3)c([N+](=O)[O-])c2)cc1. The first kappa shape index (κ1) is 24.8. The Morgan fingerprint density at radius 1 is 0.917 bits per heavy atom. The van der Waals surface area contributed by atoms with Crippen LogP contribution in [0.5, 0.6) is 0 Å². The molecular weight excluding hydrogens is 478 g/mol. The minimum Gasteiger partial charge on any atom is -0.366 e. The van der Waals surface area contributed by atoms with Crippen molar-refractivity contribution < 1.29 is 14.5 Å². The first-order valence-corrected chi connectivity index (χ1v) is 11.9. The summed E-state index contributed by atoms with van der Waals surface area (Å²) in [5.41, 5.74) is 2.72. The third-order valence-corrected chi connectivity index (χ3v) is 5.95. The van der Waals surface area contributed by atoms with E-state index in [4.69, 9.17) is 12.2 Å². The van der Waals surface area contributed by atoms with E-state index in [2.05, 4.69) is 16.0 Å². The molecule has 0 unspecified atom stereocenters. The number of carbonyl (C=O) groups excluding carboxylic acids is 2. The Labute approximate surface area is 213 Å². The number of nitro benzene ring substituents is 1. The molecule has 1 aliphatic rings. The molecule has 10 heteroatoms. The van der Waals surface area contributed by atoms with Gasteiger partial charge >= 0.3 is 0 Å². The van der Waals surface area contributed by atoms with Crippen LogP contribution in [0.4, 0.5) is 22.7 Å². The molecule has 0 spiro atoms. The van der Waals surface area contributed by atoms with Crippen molar-refractivity contribution in [2.75, 3.05) is 28.6 Å². The van der Waals surface area contributed by atoms with E-state index in [-0.39, 0.29) is 28.7 Å². The van der Waals surface area contributed by atoms with E-state index in [1.165, 1.54) is 6.07 Å². The normalized spacial score (nSPS) is 12.6. The lowest BCUT2D eigenvalue weighted by Gasteiger charge is -2.18. The largest absolute Gasteiger partial charge is 0.366 e. The van der Waals surface area contributed by atoms with Gasteiger partial charge in [-0.2, -0.15) is 0 Å². The molecule has 0 radical (unpaired) electrons. The van der Waals surface area contributed by atoms with Crippen molar-refractivity contribution in [1.82, 2.24) is 5.32 Å². The number of carbonyl (C=O) groups is 2. The molecule has 1 fully saturated rings. The molecule has 3 aromatic rings. The van der Waals surface area contributed by atoms with Crippen molar-refractivity contribution in [3.05, 3.63) is 94.0 Å². The van der Waals surface area contributed by atoms with Gasteiger partial charge in [0.05, 0.1) is 11.3 Å². The number of amides is 2. The van der Waals surface area contributed by atoms with Crippen molar-refractivity contribution in [1.29, 1.82) is 0 Å². The Morgan fingerprint density at radius 2 is 1.56 bits per heavy atom. The van der Waals surface area contributed by atoms with E-state index in [0.29, 0.717) is 17.1 Å². The van der Waals surface area contributed by atoms with Crippen LogP contribution in [-0.2, 0) is 11.2 Å². The smallest absolute Gasteiger partial charge is 0.293 e. The molecule has 184 valence electrons. The number of nitrogens with one attached hydrogen (secondary N) is 3. The quantitative estimate of drug-likeness (QED) is 0.247. The van der Waals surface area contributed by atoms with E-state index in [1.807, 2.05) is 35.2 Å². The second-order valence-electron chi connectivity index (χ2n) is 8.35. The first-order chi connectivity index (χ1) is 17.4. The van der Waals surface area contributed by atoms with E-state index < -0.39 is 10.8 Å². The maximum Gasteiger partial charge on any atom is 0.293 e. The van der Waals surface area contributed by atoms with Crippen molar-refractivity contribution in [3.8, 4) is 0 Å². The Kier molecular flexibility index (Phi) is 7.86. The van der Waals surface area contributed by atoms with E-state index in [1.54, 1.807) is 36.4 Å². The molecule has 36 heavy (non-hydrogen) atoms. The summed E-state index contributed by atoms with van der Waals surface area (Å²) >= 11 is 5.23. The molecule has 0 saturated carbocycles. The molecule has 3 aromatic carbocycles. The van der Waals surface area contributed by atoms with Gasteiger partial charge in [0.25, 0.3) is 11.6 Å². The van der Waals surface area contributed by atoms with Gasteiger partial charge in [0.15, 0.2) is 5.11 Å². The maximum absolute atomic E-state index is 12.7. The zero-order chi connectivity index (χ0) is 25.5. The molecule has 1 aliphatic heterocycles. The summed E-state index contributed by atoms with van der Waals surface area (Å²) in [6, 6.07) is 20.8. The molecule has 0 atom stereocenters. The molecule has 1 saturated heterocycles. The standard InChI is InChI=1S/C26H25N5O4S/c32-24(16-18-6-2-1-3-7-18)27-20-9-11-21(12-10-20)28-26(36)29-25(33)19-8-13-22(23(17-19)31(34)35)30-14-4-5-15-30/h1-3,6-13,17H,4-5,14-16H2,(H,27,32)(H2,28,29,33,36). The minimum atomic E-state index is -0.548. The van der Waals surface area contributed by atoms with Gasteiger partial charge in [-0.1, -0.05) is 30.3 Å². The van der Waals surface area contributed by atoms with Crippen LogP contribution in [0, 0.1) is 10.1 Å². The summed E-state index contributed by atoms with van der Waals surface area (Å²) in [5.74, 6) is -0.678. The molecule has 0 aliphatic carbocycles. The first-order valence-electron chi connectivity index (χ1n) is 11.5. The molecule has 0 bridgehead atoms. The monoisotopic (exact) mass is 503 g/mol. The Hall–Kier alpha value is -4.31. The molecule has 9 nitrogen and oxygen atoms in total. The van der Waals surface area contributed by atoms with Gasteiger partial charge in [0, 0.05) is 36.1 Å². The molecule has 0 aromatic heterocycles. The molecule has 2 amide bonds. The highest BCUT2D eigenvalue weighted by atomic mass is 32.1. The summed E-state index contributed by atoms with van der Waals surface area (Å²) in [7, 11) is 0. The number of benzene rings is 3. The van der Waals surface area contributed by atoms with Crippen LogP contribution in [0.25, 0.3) is 0 Å². The van der Waals surface area contributed by atoms with Gasteiger partial charge in [-0.3, -0.25) is 25.0 Å². The zero-order valence-electron chi connectivity index (χ0n) is 19.4. The Balaban J connectivity index is 1.32. The third-order valence-electron chi connectivity index (χ3n) is 5.74. The fourth-order valence-corrected chi connectivity index (χ4v) is 4.21. The summed E-state index contributed by atoms with van der Waals surface area (Å²) in [6.07, 6.45) is 2.24. The minimum absolute atomic E-state index is 0.0483. The number of nitrogens with zero attached hydrogens (tertiary/aromatic N) is 2. The molecule has 3 N–H and O–H groups in total. The number of anilines is 3. The number of thiocarbonyl (C=S) groups is 1. The number of nitro groups is 1. The second kappa shape index (κ2) is 11.4. The van der Waals surface area contributed by atoms with E-state index >= 15 is 0 Å². The second-order valence-corrected chi connectivity index (χ2v) is 8.76. The van der Waals surface area contributed by atoms with Crippen molar-refractivity contribution in [2.45, 2.75) is 19.3 Å². The van der Waals surface area contributed by atoms with Crippen LogP contribution in [0.2, 0.25) is 0 Å². The van der Waals surface area contributed by atoms with Crippen molar-refractivity contribution >= 4 is 51.9 Å². The predicted octanol–water partition coefficient (Wildman–Crippen LogP) is 4.50. The highest BCUT2D eigenvalue weighted by molar-refractivity contribution is 7.80. The van der Waals surface area contributed by atoms with E-state index in [0.717, 1.165) is 31.5 Å². The average Bonchev–Trinajstić information content (AvgIpc) is 3.40. The van der Waals surface area contributed by atoms with E-state index in [9.17, 15) is 19.7 Å². The fourth-order valence-electron chi connectivity index (χ4n) is 4.00. The summed E-state index contributed by atoms with van der Waals surface area (Å²) in [5, 5.41) is 19.9. The van der Waals surface area contributed by atoms with Gasteiger partial charge in [-0.15, -0.1) is 0 Å². The third kappa shape index (κ3) is 6.42. The lowest BCUT2D eigenvalue weighted by atomic mass is 10.1. The zero-order valence-corrected chi connectivity index (χ0v) is 20.2. The summed E-state index contributed by atoms with van der Waals surface area (Å²) in [6.45, 7) is 1.52. The fraction of sp³-hybridized carbons (Fsp3) is 0.192. The highest BCUT2D eigenvalue weighted by Gasteiger charge is 2.24. The van der Waals surface area contributed by atoms with Gasteiger partial charge in [-0.25, -0.2) is 0 Å². The van der Waals surface area contributed by atoms with Crippen LogP contribution < -0.4 is 20.9 Å². The Bertz CT molecular complexity index is 1280. The molecule has 1 heterocycles. The van der Waals surface area contributed by atoms with Gasteiger partial charge in [0.1, 0.15) is 5.69 Å². The molecule has 4 rings (SSSR count). The van der Waals surface area contributed by atoms with Crippen molar-refractivity contribution in [3.63, 3.8) is 0 Å². The Morgan fingerprint density at radius 3 is 2.19 bits per heavy atom. The topological polar surface area (TPSA) is 117 Å². The van der Waals surface area contributed by atoms with Gasteiger partial charge in [-0.05, 0) is 67.0 Å². The predicted molar refractivity (Wildman–Crippen MR) is 143 cm³/mol. The average molecular weight is 504 g/mol. The van der Waals surface area contributed by atoms with Gasteiger partial charge < -0.3 is 15.5 Å². The lowest BCUT2D eigenvalue weighted by Crippen LogP contribution is -2.34. The van der Waals surface area contributed by atoms with Crippen LogP contribution in [0.15, 0.2) is 72.8 Å². The van der Waals surface area contributed by atoms with Crippen LogP contribution in [0.1, 0.15) is 28.8 Å². The van der Waals surface area contributed by atoms with Crippen LogP contribution >= 0.6 is 12.2 Å². The summed E-state index contributed by atoms with van der Waals surface area (Å²) in [4.78, 5) is 38.0. The lowest BCUT2D eigenvalue weighted by molar-refractivity contribution is -0.384. The number of hydrogen-bond acceptors (Lipinski definition) is 6. The summed E-state index contributed by atoms with van der Waals surface area (Å²) < 4.78 is 0. The molecular formula is C26H25N5O4S. The highest BCUT2D eigenvalue weighted by Crippen LogP contribution is 2.31. The van der Waals surface area contributed by atoms with Gasteiger partial charge in [0.2, 0.25) is 5.91 Å². The van der Waals surface area contributed by atoms with Crippen molar-refractivity contribution in [2.24, 2.45) is 0 Å². The van der Waals surface area contributed by atoms with Crippen LogP contribution in [-0.4, -0.2) is 34.9 Å². The number of rotatable bonds is 7. The van der Waals surface area contributed by atoms with Crippen LogP contribution in [0.3, 0.4) is 0 Å².